The van der Waals surface area contributed by atoms with Crippen molar-refractivity contribution < 1.29 is 18.4 Å². The van der Waals surface area contributed by atoms with Crippen LogP contribution in [0.25, 0.3) is 0 Å². The zero-order valence-corrected chi connectivity index (χ0v) is 18.2. The highest BCUT2D eigenvalue weighted by Crippen LogP contribution is 2.29. The molecule has 1 unspecified atom stereocenters. The molecule has 1 saturated heterocycles. The van der Waals surface area contributed by atoms with Gasteiger partial charge in [0, 0.05) is 12.2 Å². The van der Waals surface area contributed by atoms with E-state index in [0.717, 1.165) is 10.6 Å². The van der Waals surface area contributed by atoms with Crippen molar-refractivity contribution in [2.24, 2.45) is 0 Å². The molecule has 0 spiro atoms. The number of thioether (sulfide) groups is 1. The number of hydrogen-bond acceptors (Lipinski definition) is 5. The highest BCUT2D eigenvalue weighted by atomic mass is 32.2. The van der Waals surface area contributed by atoms with Crippen LogP contribution in [0.2, 0.25) is 0 Å². The van der Waals surface area contributed by atoms with E-state index in [1.165, 1.54) is 52.3 Å². The molecule has 1 aromatic heterocycles. The van der Waals surface area contributed by atoms with Crippen LogP contribution >= 0.6 is 23.1 Å². The summed E-state index contributed by atoms with van der Waals surface area (Å²) in [7, 11) is 0. The fourth-order valence-electron chi connectivity index (χ4n) is 3.27. The second kappa shape index (κ2) is 9.15. The van der Waals surface area contributed by atoms with Gasteiger partial charge in [-0.25, -0.2) is 13.8 Å². The molecule has 2 amide bonds. The van der Waals surface area contributed by atoms with Crippen molar-refractivity contribution in [3.05, 3.63) is 81.3 Å². The number of benzene rings is 2. The van der Waals surface area contributed by atoms with Gasteiger partial charge in [-0.05, 0) is 36.8 Å². The molecule has 1 atom stereocenters. The van der Waals surface area contributed by atoms with Crippen molar-refractivity contribution in [1.82, 2.24) is 9.88 Å². The number of carbonyl (C=O) groups excluding carboxylic acids is 2. The second-order valence-corrected chi connectivity index (χ2v) is 9.17. The predicted molar refractivity (Wildman–Crippen MR) is 118 cm³/mol. The highest BCUT2D eigenvalue weighted by molar-refractivity contribution is 7.99. The van der Waals surface area contributed by atoms with E-state index in [1.807, 2.05) is 0 Å². The van der Waals surface area contributed by atoms with Crippen molar-refractivity contribution >= 4 is 40.6 Å². The van der Waals surface area contributed by atoms with E-state index in [2.05, 4.69) is 10.3 Å². The first kappa shape index (κ1) is 21.5. The third-order valence-corrected chi connectivity index (χ3v) is 7.04. The minimum atomic E-state index is -0.695. The van der Waals surface area contributed by atoms with Crippen molar-refractivity contribution in [3.63, 3.8) is 0 Å². The number of amides is 2. The molecule has 1 fully saturated rings. The van der Waals surface area contributed by atoms with E-state index in [0.29, 0.717) is 28.6 Å². The number of carbonyl (C=O) groups is 2. The zero-order chi connectivity index (χ0) is 22.0. The molecule has 5 nitrogen and oxygen atoms in total. The Morgan fingerprint density at radius 3 is 2.65 bits per heavy atom. The number of rotatable bonds is 5. The molecule has 4 rings (SSSR count). The average Bonchev–Trinajstić information content (AvgIpc) is 3.38. The number of nitrogens with zero attached hydrogens (tertiary/aromatic N) is 2. The Morgan fingerprint density at radius 1 is 1.16 bits per heavy atom. The lowest BCUT2D eigenvalue weighted by Crippen LogP contribution is -2.44. The molecule has 9 heteroatoms. The smallest absolute Gasteiger partial charge is 0.267 e. The number of para-hydroxylation sites is 1. The first-order chi connectivity index (χ1) is 14.9. The van der Waals surface area contributed by atoms with Gasteiger partial charge >= 0.3 is 0 Å². The fraction of sp³-hybridized carbons (Fsp3) is 0.227. The van der Waals surface area contributed by atoms with Crippen LogP contribution in [-0.4, -0.2) is 39.4 Å². The predicted octanol–water partition coefficient (Wildman–Crippen LogP) is 4.47. The molecule has 1 aliphatic heterocycles. The number of anilines is 1. The van der Waals surface area contributed by atoms with Crippen LogP contribution in [0.4, 0.5) is 14.5 Å². The van der Waals surface area contributed by atoms with E-state index >= 15 is 0 Å². The normalized spacial score (nSPS) is 15.8. The molecule has 0 aliphatic carbocycles. The summed E-state index contributed by atoms with van der Waals surface area (Å²) >= 11 is 2.75. The highest BCUT2D eigenvalue weighted by Gasteiger charge is 2.36. The van der Waals surface area contributed by atoms with Crippen molar-refractivity contribution in [2.75, 3.05) is 16.9 Å². The Hall–Kier alpha value is -2.78. The van der Waals surface area contributed by atoms with Crippen LogP contribution in [0.3, 0.4) is 0 Å². The lowest BCUT2D eigenvalue weighted by atomic mass is 10.1. The summed E-state index contributed by atoms with van der Waals surface area (Å²) in [5.74, 6) is -0.703. The van der Waals surface area contributed by atoms with Gasteiger partial charge in [0.25, 0.3) is 5.91 Å². The van der Waals surface area contributed by atoms with Crippen LogP contribution < -0.4 is 5.32 Å². The maximum atomic E-state index is 13.9. The molecule has 1 aliphatic rings. The Bertz CT molecular complexity index is 1120. The summed E-state index contributed by atoms with van der Waals surface area (Å²) in [5, 5.41) is 3.32. The minimum absolute atomic E-state index is 0.0901. The molecule has 0 saturated carbocycles. The number of nitrogens with one attached hydrogen (secondary N) is 1. The van der Waals surface area contributed by atoms with Crippen molar-refractivity contribution in [1.29, 1.82) is 0 Å². The molecule has 31 heavy (non-hydrogen) atoms. The molecule has 0 bridgehead atoms. The van der Waals surface area contributed by atoms with Crippen LogP contribution in [0, 0.1) is 18.6 Å². The van der Waals surface area contributed by atoms with E-state index in [9.17, 15) is 18.4 Å². The zero-order valence-electron chi connectivity index (χ0n) is 16.6. The maximum absolute atomic E-state index is 13.9. The van der Waals surface area contributed by atoms with Crippen LogP contribution in [-0.2, 0) is 11.2 Å². The summed E-state index contributed by atoms with van der Waals surface area (Å²) in [6, 6.07) is 11.4. The number of aryl methyl sites for hydroxylation is 1. The molecule has 0 radical (unpaired) electrons. The van der Waals surface area contributed by atoms with E-state index < -0.39 is 17.8 Å². The lowest BCUT2D eigenvalue weighted by Gasteiger charge is -2.22. The molecule has 2 heterocycles. The first-order valence-electron chi connectivity index (χ1n) is 9.57. The van der Waals surface area contributed by atoms with Crippen molar-refractivity contribution in [3.8, 4) is 0 Å². The summed E-state index contributed by atoms with van der Waals surface area (Å²) in [6.07, 6.45) is 0.491. The first-order valence-corrected chi connectivity index (χ1v) is 11.5. The Labute approximate surface area is 186 Å². The summed E-state index contributed by atoms with van der Waals surface area (Å²) in [6.45, 7) is 1.76. The van der Waals surface area contributed by atoms with Crippen molar-refractivity contribution in [2.45, 2.75) is 19.4 Å². The molecule has 2 aromatic carbocycles. The number of hydrogen-bond donors (Lipinski definition) is 1. The van der Waals surface area contributed by atoms with Gasteiger partial charge in [0.15, 0.2) is 0 Å². The summed E-state index contributed by atoms with van der Waals surface area (Å²) in [5.41, 5.74) is 1.58. The van der Waals surface area contributed by atoms with Gasteiger partial charge < -0.3 is 10.2 Å². The van der Waals surface area contributed by atoms with Gasteiger partial charge in [-0.1, -0.05) is 24.3 Å². The van der Waals surface area contributed by atoms with Gasteiger partial charge in [0.2, 0.25) is 5.91 Å². The van der Waals surface area contributed by atoms with Crippen LogP contribution in [0.5, 0.6) is 0 Å². The molecule has 1 N–H and O–H groups in total. The maximum Gasteiger partial charge on any atom is 0.267 e. The number of aromatic nitrogens is 1. The second-order valence-electron chi connectivity index (χ2n) is 7.09. The van der Waals surface area contributed by atoms with Gasteiger partial charge in [0.1, 0.15) is 22.6 Å². The molecular weight excluding hydrogens is 440 g/mol. The van der Waals surface area contributed by atoms with E-state index in [4.69, 9.17) is 0 Å². The fourth-order valence-corrected chi connectivity index (χ4v) is 5.48. The Kier molecular flexibility index (Phi) is 6.33. The summed E-state index contributed by atoms with van der Waals surface area (Å²) in [4.78, 5) is 32.4. The minimum Gasteiger partial charge on any atom is -0.322 e. The molecule has 3 aromatic rings. The Balaban J connectivity index is 1.49. The van der Waals surface area contributed by atoms with Gasteiger partial charge in [-0.2, -0.15) is 0 Å². The van der Waals surface area contributed by atoms with Crippen LogP contribution in [0.1, 0.15) is 25.9 Å². The van der Waals surface area contributed by atoms with Gasteiger partial charge in [-0.3, -0.25) is 9.59 Å². The molecular formula is C22H19F2N3O2S2. The topological polar surface area (TPSA) is 62.3 Å². The van der Waals surface area contributed by atoms with Crippen LogP contribution in [0.15, 0.2) is 48.5 Å². The van der Waals surface area contributed by atoms with E-state index in [-0.39, 0.29) is 17.4 Å². The third kappa shape index (κ3) is 4.77. The monoisotopic (exact) mass is 459 g/mol. The number of thiazole rings is 1. The average molecular weight is 460 g/mol. The standard InChI is InChI=1S/C22H19F2N3O2S2/c1-13-20(31-19(25-13)10-14-6-8-15(23)9-7-14)22(29)27-12-30-11-18(27)21(28)26-17-5-3-2-4-16(17)24/h2-9,18H,10-12H2,1H3,(H,26,28). The quantitative estimate of drug-likeness (QED) is 0.611. The Morgan fingerprint density at radius 2 is 1.90 bits per heavy atom. The van der Waals surface area contributed by atoms with Gasteiger partial charge in [0.05, 0.1) is 22.3 Å². The van der Waals surface area contributed by atoms with E-state index in [1.54, 1.807) is 31.2 Å². The molecule has 160 valence electrons. The third-order valence-electron chi connectivity index (χ3n) is 4.88. The SMILES string of the molecule is Cc1nc(Cc2ccc(F)cc2)sc1C(=O)N1CSCC1C(=O)Nc1ccccc1F. The lowest BCUT2D eigenvalue weighted by molar-refractivity contribution is -0.119. The largest absolute Gasteiger partial charge is 0.322 e. The van der Waals surface area contributed by atoms with Gasteiger partial charge in [-0.15, -0.1) is 23.1 Å². The number of halogens is 2. The summed E-state index contributed by atoms with van der Waals surface area (Å²) < 4.78 is 27.0.